The number of alkyl carbamates (subject to hydrolysis) is 1. The van der Waals surface area contributed by atoms with Crippen molar-refractivity contribution in [1.82, 2.24) is 10.2 Å². The lowest BCUT2D eigenvalue weighted by Crippen LogP contribution is -2.51. The molecule has 0 radical (unpaired) electrons. The Morgan fingerprint density at radius 1 is 1.00 bits per heavy atom. The number of aliphatic carboxylic acids is 1. The number of likely N-dealkylation sites (tertiary alicyclic amines) is 1. The summed E-state index contributed by atoms with van der Waals surface area (Å²) >= 11 is 0. The van der Waals surface area contributed by atoms with Crippen LogP contribution >= 0.6 is 0 Å². The van der Waals surface area contributed by atoms with Crippen LogP contribution in [-0.4, -0.2) is 53.7 Å². The van der Waals surface area contributed by atoms with Crippen LogP contribution in [-0.2, 0) is 14.3 Å². The molecule has 7 nitrogen and oxygen atoms in total. The SMILES string of the molecule is CC(C)CC(NC(=O)OCC1c2ccccc2-c2ccccc21)C(=O)N1CCC(C(=O)O)CC1. The van der Waals surface area contributed by atoms with Gasteiger partial charge < -0.3 is 20.1 Å². The van der Waals surface area contributed by atoms with Crippen molar-refractivity contribution in [2.45, 2.75) is 45.1 Å². The number of amides is 2. The Bertz CT molecular complexity index is 1010. The molecule has 1 heterocycles. The number of rotatable bonds is 7. The van der Waals surface area contributed by atoms with E-state index in [-0.39, 0.29) is 24.3 Å². The van der Waals surface area contributed by atoms with E-state index in [1.165, 1.54) is 0 Å². The van der Waals surface area contributed by atoms with Crippen molar-refractivity contribution in [3.05, 3.63) is 59.7 Å². The van der Waals surface area contributed by atoms with Gasteiger partial charge in [0.25, 0.3) is 0 Å². The number of carbonyl (C=O) groups excluding carboxylic acids is 2. The number of carbonyl (C=O) groups is 3. The molecule has 0 bridgehead atoms. The molecule has 1 aliphatic heterocycles. The van der Waals surface area contributed by atoms with Gasteiger partial charge in [0.15, 0.2) is 0 Å². The van der Waals surface area contributed by atoms with E-state index in [9.17, 15) is 19.5 Å². The quantitative estimate of drug-likeness (QED) is 0.638. The van der Waals surface area contributed by atoms with Gasteiger partial charge in [-0.1, -0.05) is 62.4 Å². The Hall–Kier alpha value is -3.35. The Balaban J connectivity index is 1.39. The summed E-state index contributed by atoms with van der Waals surface area (Å²) in [5.41, 5.74) is 4.58. The number of carboxylic acids is 1. The fourth-order valence-electron chi connectivity index (χ4n) is 5.04. The molecule has 2 aromatic rings. The molecule has 180 valence electrons. The van der Waals surface area contributed by atoms with Crippen molar-refractivity contribution in [2.24, 2.45) is 11.8 Å². The van der Waals surface area contributed by atoms with E-state index in [1.807, 2.05) is 38.1 Å². The second-order valence-electron chi connectivity index (χ2n) is 9.59. The van der Waals surface area contributed by atoms with Crippen LogP contribution in [0.2, 0.25) is 0 Å². The second-order valence-corrected chi connectivity index (χ2v) is 9.59. The topological polar surface area (TPSA) is 95.9 Å². The fraction of sp³-hybridized carbons (Fsp3) is 0.444. The summed E-state index contributed by atoms with van der Waals surface area (Å²) in [6.45, 7) is 4.95. The maximum absolute atomic E-state index is 13.1. The van der Waals surface area contributed by atoms with Gasteiger partial charge in [-0.3, -0.25) is 9.59 Å². The second kappa shape index (κ2) is 10.3. The van der Waals surface area contributed by atoms with Gasteiger partial charge in [0, 0.05) is 19.0 Å². The zero-order valence-corrected chi connectivity index (χ0v) is 19.7. The molecule has 1 saturated heterocycles. The Labute approximate surface area is 200 Å². The first-order valence-corrected chi connectivity index (χ1v) is 12.0. The molecule has 4 rings (SSSR count). The number of benzene rings is 2. The van der Waals surface area contributed by atoms with Gasteiger partial charge in [-0.15, -0.1) is 0 Å². The Kier molecular flexibility index (Phi) is 7.20. The Morgan fingerprint density at radius 3 is 2.09 bits per heavy atom. The highest BCUT2D eigenvalue weighted by atomic mass is 16.5. The van der Waals surface area contributed by atoms with Gasteiger partial charge in [-0.05, 0) is 47.4 Å². The van der Waals surface area contributed by atoms with Crippen LogP contribution in [0.4, 0.5) is 4.79 Å². The van der Waals surface area contributed by atoms with Crippen molar-refractivity contribution < 1.29 is 24.2 Å². The summed E-state index contributed by atoms with van der Waals surface area (Å²) < 4.78 is 5.64. The lowest BCUT2D eigenvalue weighted by molar-refractivity contribution is -0.146. The average Bonchev–Trinajstić information content (AvgIpc) is 3.15. The van der Waals surface area contributed by atoms with Crippen molar-refractivity contribution in [2.75, 3.05) is 19.7 Å². The van der Waals surface area contributed by atoms with E-state index in [0.717, 1.165) is 22.3 Å². The lowest BCUT2D eigenvalue weighted by Gasteiger charge is -2.33. The molecule has 1 aliphatic carbocycles. The van der Waals surface area contributed by atoms with E-state index in [0.29, 0.717) is 32.4 Å². The molecule has 34 heavy (non-hydrogen) atoms. The van der Waals surface area contributed by atoms with Crippen LogP contribution in [0.15, 0.2) is 48.5 Å². The van der Waals surface area contributed by atoms with Crippen LogP contribution < -0.4 is 5.32 Å². The zero-order chi connectivity index (χ0) is 24.2. The third kappa shape index (κ3) is 5.08. The molecule has 2 amide bonds. The van der Waals surface area contributed by atoms with Gasteiger partial charge in [0.1, 0.15) is 12.6 Å². The molecular weight excluding hydrogens is 432 g/mol. The van der Waals surface area contributed by atoms with Gasteiger partial charge in [0.2, 0.25) is 5.91 Å². The van der Waals surface area contributed by atoms with E-state index < -0.39 is 24.0 Å². The first-order chi connectivity index (χ1) is 16.3. The van der Waals surface area contributed by atoms with Crippen LogP contribution in [0.1, 0.15) is 50.2 Å². The number of nitrogens with zero attached hydrogens (tertiary/aromatic N) is 1. The average molecular weight is 465 g/mol. The van der Waals surface area contributed by atoms with Crippen LogP contribution in [0.5, 0.6) is 0 Å². The number of hydrogen-bond acceptors (Lipinski definition) is 4. The molecule has 2 aromatic carbocycles. The minimum absolute atomic E-state index is 0.0487. The van der Waals surface area contributed by atoms with Crippen molar-refractivity contribution in [3.8, 4) is 11.1 Å². The smallest absolute Gasteiger partial charge is 0.407 e. The first-order valence-electron chi connectivity index (χ1n) is 12.0. The number of nitrogens with one attached hydrogen (secondary N) is 1. The molecule has 0 spiro atoms. The van der Waals surface area contributed by atoms with Crippen molar-refractivity contribution >= 4 is 18.0 Å². The third-order valence-electron chi connectivity index (χ3n) is 6.80. The zero-order valence-electron chi connectivity index (χ0n) is 19.7. The van der Waals surface area contributed by atoms with Crippen LogP contribution in [0.25, 0.3) is 11.1 Å². The van der Waals surface area contributed by atoms with Crippen LogP contribution in [0.3, 0.4) is 0 Å². The number of carboxylic acid groups (broad SMARTS) is 1. The first kappa shape index (κ1) is 23.8. The molecule has 2 N–H and O–H groups in total. The fourth-order valence-corrected chi connectivity index (χ4v) is 5.04. The molecule has 1 atom stereocenters. The van der Waals surface area contributed by atoms with E-state index >= 15 is 0 Å². The molecule has 7 heteroatoms. The highest BCUT2D eigenvalue weighted by Crippen LogP contribution is 2.44. The standard InChI is InChI=1S/C27H32N2O5/c1-17(2)15-24(25(30)29-13-11-18(12-14-29)26(31)32)28-27(33)34-16-23-21-9-5-3-7-19(21)20-8-4-6-10-22(20)23/h3-10,17-18,23-24H,11-16H2,1-2H3,(H,28,33)(H,31,32). The predicted molar refractivity (Wildman–Crippen MR) is 128 cm³/mol. The third-order valence-corrected chi connectivity index (χ3v) is 6.80. The molecular formula is C27H32N2O5. The highest BCUT2D eigenvalue weighted by molar-refractivity contribution is 5.86. The summed E-state index contributed by atoms with van der Waals surface area (Å²) in [4.78, 5) is 38.8. The Morgan fingerprint density at radius 2 is 1.56 bits per heavy atom. The summed E-state index contributed by atoms with van der Waals surface area (Å²) in [7, 11) is 0. The monoisotopic (exact) mass is 464 g/mol. The van der Waals surface area contributed by atoms with E-state index in [4.69, 9.17) is 4.74 Å². The van der Waals surface area contributed by atoms with Crippen molar-refractivity contribution in [1.29, 1.82) is 0 Å². The predicted octanol–water partition coefficient (Wildman–Crippen LogP) is 4.26. The summed E-state index contributed by atoms with van der Waals surface area (Å²) in [5.74, 6) is -1.26. The number of hydrogen-bond donors (Lipinski definition) is 2. The van der Waals surface area contributed by atoms with Crippen LogP contribution in [0, 0.1) is 11.8 Å². The number of piperidine rings is 1. The minimum atomic E-state index is -0.817. The van der Waals surface area contributed by atoms with E-state index in [2.05, 4.69) is 29.6 Å². The summed E-state index contributed by atoms with van der Waals surface area (Å²) in [5, 5.41) is 12.0. The highest BCUT2D eigenvalue weighted by Gasteiger charge is 2.33. The summed E-state index contributed by atoms with van der Waals surface area (Å²) in [6.07, 6.45) is 0.740. The van der Waals surface area contributed by atoms with E-state index in [1.54, 1.807) is 4.90 Å². The number of fused-ring (bicyclic) bond motifs is 3. The summed E-state index contributed by atoms with van der Waals surface area (Å²) in [6, 6.07) is 15.6. The minimum Gasteiger partial charge on any atom is -0.481 e. The molecule has 1 fully saturated rings. The number of ether oxygens (including phenoxy) is 1. The molecule has 0 aromatic heterocycles. The van der Waals surface area contributed by atoms with Crippen molar-refractivity contribution in [3.63, 3.8) is 0 Å². The maximum atomic E-state index is 13.1. The normalized spacial score (nSPS) is 16.6. The largest absolute Gasteiger partial charge is 0.481 e. The van der Waals surface area contributed by atoms with Gasteiger partial charge in [0.05, 0.1) is 5.92 Å². The molecule has 1 unspecified atom stereocenters. The molecule has 2 aliphatic rings. The molecule has 0 saturated carbocycles. The van der Waals surface area contributed by atoms with Gasteiger partial charge >= 0.3 is 12.1 Å². The van der Waals surface area contributed by atoms with Gasteiger partial charge in [-0.25, -0.2) is 4.79 Å². The van der Waals surface area contributed by atoms with Gasteiger partial charge in [-0.2, -0.15) is 0 Å². The lowest BCUT2D eigenvalue weighted by atomic mass is 9.95. The maximum Gasteiger partial charge on any atom is 0.407 e.